The van der Waals surface area contributed by atoms with Gasteiger partial charge in [-0.05, 0) is 23.8 Å². The predicted octanol–water partition coefficient (Wildman–Crippen LogP) is 2.26. The van der Waals surface area contributed by atoms with Crippen LogP contribution in [0.1, 0.15) is 25.1 Å². The topological polar surface area (TPSA) is 82.8 Å². The third-order valence-corrected chi connectivity index (χ3v) is 3.42. The number of nitrogens with two attached hydrogens (primary N) is 1. The standard InChI is InChI=1S/C15H17N5O/c1-2-12(16)14(13-9-6-10-21-13)20-18-15(17-19-20)11-7-4-3-5-8-11/h3-10,12,14H,2,16H2,1H3. The van der Waals surface area contributed by atoms with Crippen LogP contribution in [0.4, 0.5) is 0 Å². The number of nitrogens with zero attached hydrogens (tertiary/aromatic N) is 4. The van der Waals surface area contributed by atoms with Crippen molar-refractivity contribution in [2.75, 3.05) is 0 Å². The molecule has 0 aliphatic heterocycles. The van der Waals surface area contributed by atoms with E-state index >= 15 is 0 Å². The highest BCUT2D eigenvalue weighted by Crippen LogP contribution is 2.23. The summed E-state index contributed by atoms with van der Waals surface area (Å²) >= 11 is 0. The first-order chi connectivity index (χ1) is 10.3. The summed E-state index contributed by atoms with van der Waals surface area (Å²) in [5.74, 6) is 1.32. The third kappa shape index (κ3) is 2.71. The molecule has 0 fully saturated rings. The van der Waals surface area contributed by atoms with E-state index in [4.69, 9.17) is 10.2 Å². The molecule has 0 spiro atoms. The van der Waals surface area contributed by atoms with E-state index < -0.39 is 0 Å². The Balaban J connectivity index is 1.96. The number of hydrogen-bond acceptors (Lipinski definition) is 5. The maximum Gasteiger partial charge on any atom is 0.204 e. The molecule has 6 heteroatoms. The van der Waals surface area contributed by atoms with Gasteiger partial charge in [0.05, 0.1) is 6.26 Å². The lowest BCUT2D eigenvalue weighted by atomic mass is 10.1. The number of rotatable bonds is 5. The summed E-state index contributed by atoms with van der Waals surface area (Å²) in [6.45, 7) is 2.02. The van der Waals surface area contributed by atoms with Crippen LogP contribution in [0.5, 0.6) is 0 Å². The molecular weight excluding hydrogens is 266 g/mol. The van der Waals surface area contributed by atoms with Crippen LogP contribution in [0.15, 0.2) is 53.1 Å². The second kappa shape index (κ2) is 5.88. The van der Waals surface area contributed by atoms with Crippen LogP contribution in [0.25, 0.3) is 11.4 Å². The minimum atomic E-state index is -0.255. The van der Waals surface area contributed by atoms with Crippen LogP contribution in [0.3, 0.4) is 0 Å². The molecule has 1 aromatic carbocycles. The lowest BCUT2D eigenvalue weighted by Crippen LogP contribution is -2.33. The van der Waals surface area contributed by atoms with E-state index in [0.29, 0.717) is 5.82 Å². The van der Waals surface area contributed by atoms with Crippen molar-refractivity contribution in [1.29, 1.82) is 0 Å². The predicted molar refractivity (Wildman–Crippen MR) is 78.4 cm³/mol. The van der Waals surface area contributed by atoms with Gasteiger partial charge in [-0.3, -0.25) is 0 Å². The number of hydrogen-bond donors (Lipinski definition) is 1. The molecule has 0 aliphatic rings. The minimum Gasteiger partial charge on any atom is -0.467 e. The van der Waals surface area contributed by atoms with Gasteiger partial charge in [-0.15, -0.1) is 10.2 Å². The molecule has 2 aromatic heterocycles. The van der Waals surface area contributed by atoms with Gasteiger partial charge in [0, 0.05) is 11.6 Å². The van der Waals surface area contributed by atoms with Gasteiger partial charge < -0.3 is 10.2 Å². The summed E-state index contributed by atoms with van der Waals surface area (Å²) in [4.78, 5) is 1.54. The highest BCUT2D eigenvalue weighted by molar-refractivity contribution is 5.53. The molecule has 0 saturated heterocycles. The normalized spacial score (nSPS) is 14.0. The van der Waals surface area contributed by atoms with Gasteiger partial charge in [0.25, 0.3) is 0 Å². The summed E-state index contributed by atoms with van der Waals surface area (Å²) in [7, 11) is 0. The Labute approximate surface area is 122 Å². The molecule has 108 valence electrons. The molecule has 2 N–H and O–H groups in total. The van der Waals surface area contributed by atoms with Crippen molar-refractivity contribution in [3.8, 4) is 11.4 Å². The number of benzene rings is 1. The average molecular weight is 283 g/mol. The van der Waals surface area contributed by atoms with Crippen molar-refractivity contribution in [2.24, 2.45) is 5.73 Å². The van der Waals surface area contributed by atoms with Crippen molar-refractivity contribution in [3.05, 3.63) is 54.5 Å². The lowest BCUT2D eigenvalue weighted by molar-refractivity contribution is 0.321. The molecule has 0 saturated carbocycles. The van der Waals surface area contributed by atoms with Crippen molar-refractivity contribution in [3.63, 3.8) is 0 Å². The van der Waals surface area contributed by atoms with Crippen molar-refractivity contribution in [2.45, 2.75) is 25.4 Å². The van der Waals surface area contributed by atoms with E-state index in [-0.39, 0.29) is 12.1 Å². The highest BCUT2D eigenvalue weighted by atomic mass is 16.3. The Kier molecular flexibility index (Phi) is 3.79. The molecule has 3 aromatic rings. The quantitative estimate of drug-likeness (QED) is 0.776. The average Bonchev–Trinajstić information content (AvgIpc) is 3.20. The van der Waals surface area contributed by atoms with E-state index in [2.05, 4.69) is 15.4 Å². The molecule has 6 nitrogen and oxygen atoms in total. The second-order valence-corrected chi connectivity index (χ2v) is 4.83. The van der Waals surface area contributed by atoms with Crippen molar-refractivity contribution in [1.82, 2.24) is 20.2 Å². The molecule has 3 rings (SSSR count). The molecule has 2 unspecified atom stereocenters. The Bertz CT molecular complexity index is 677. The summed E-state index contributed by atoms with van der Waals surface area (Å²) in [6.07, 6.45) is 2.41. The Morgan fingerprint density at radius 3 is 2.67 bits per heavy atom. The Hall–Kier alpha value is -2.47. The van der Waals surface area contributed by atoms with E-state index in [1.165, 1.54) is 4.80 Å². The fourth-order valence-electron chi connectivity index (χ4n) is 2.22. The number of aromatic nitrogens is 4. The first-order valence-corrected chi connectivity index (χ1v) is 6.93. The summed E-state index contributed by atoms with van der Waals surface area (Å²) in [6, 6.07) is 13.0. The zero-order valence-electron chi connectivity index (χ0n) is 11.8. The number of furan rings is 1. The van der Waals surface area contributed by atoms with Gasteiger partial charge in [-0.2, -0.15) is 4.80 Å². The van der Waals surface area contributed by atoms with Gasteiger partial charge >= 0.3 is 0 Å². The van der Waals surface area contributed by atoms with Crippen LogP contribution in [-0.2, 0) is 0 Å². The molecule has 0 amide bonds. The summed E-state index contributed by atoms with van der Waals surface area (Å²) in [5, 5.41) is 12.7. The lowest BCUT2D eigenvalue weighted by Gasteiger charge is -2.19. The molecule has 0 bridgehead atoms. The second-order valence-electron chi connectivity index (χ2n) is 4.83. The van der Waals surface area contributed by atoms with Crippen LogP contribution in [0, 0.1) is 0 Å². The van der Waals surface area contributed by atoms with Crippen LogP contribution < -0.4 is 5.73 Å². The van der Waals surface area contributed by atoms with Gasteiger partial charge in [0.2, 0.25) is 5.82 Å². The van der Waals surface area contributed by atoms with Gasteiger partial charge in [0.1, 0.15) is 11.8 Å². The van der Waals surface area contributed by atoms with Gasteiger partial charge in [-0.25, -0.2) is 0 Å². The molecule has 0 radical (unpaired) electrons. The van der Waals surface area contributed by atoms with Crippen molar-refractivity contribution >= 4 is 0 Å². The summed E-state index contributed by atoms with van der Waals surface area (Å²) < 4.78 is 5.48. The molecule has 2 heterocycles. The molecular formula is C15H17N5O. The zero-order valence-corrected chi connectivity index (χ0v) is 11.8. The zero-order chi connectivity index (χ0) is 14.7. The first kappa shape index (κ1) is 13.5. The van der Waals surface area contributed by atoms with Crippen LogP contribution >= 0.6 is 0 Å². The van der Waals surface area contributed by atoms with Crippen LogP contribution in [0.2, 0.25) is 0 Å². The fraction of sp³-hybridized carbons (Fsp3) is 0.267. The third-order valence-electron chi connectivity index (χ3n) is 3.42. The summed E-state index contributed by atoms with van der Waals surface area (Å²) in [5.41, 5.74) is 7.12. The number of tetrazole rings is 1. The highest BCUT2D eigenvalue weighted by Gasteiger charge is 2.26. The molecule has 2 atom stereocenters. The van der Waals surface area contributed by atoms with E-state index in [0.717, 1.165) is 17.7 Å². The molecule has 0 aliphatic carbocycles. The van der Waals surface area contributed by atoms with E-state index in [1.54, 1.807) is 6.26 Å². The van der Waals surface area contributed by atoms with E-state index in [1.807, 2.05) is 49.4 Å². The van der Waals surface area contributed by atoms with Gasteiger partial charge in [-0.1, -0.05) is 37.3 Å². The molecule has 21 heavy (non-hydrogen) atoms. The maximum atomic E-state index is 6.20. The smallest absolute Gasteiger partial charge is 0.204 e. The monoisotopic (exact) mass is 283 g/mol. The SMILES string of the molecule is CCC(N)C(c1ccco1)n1nnc(-c2ccccc2)n1. The Morgan fingerprint density at radius 1 is 1.19 bits per heavy atom. The first-order valence-electron chi connectivity index (χ1n) is 6.93. The minimum absolute atomic E-state index is 0.144. The van der Waals surface area contributed by atoms with Crippen molar-refractivity contribution < 1.29 is 4.42 Å². The fourth-order valence-corrected chi connectivity index (χ4v) is 2.22. The largest absolute Gasteiger partial charge is 0.467 e. The maximum absolute atomic E-state index is 6.20. The Morgan fingerprint density at radius 2 is 2.00 bits per heavy atom. The van der Waals surface area contributed by atoms with E-state index in [9.17, 15) is 0 Å². The van der Waals surface area contributed by atoms with Gasteiger partial charge in [0.15, 0.2) is 0 Å². The van der Waals surface area contributed by atoms with Crippen LogP contribution in [-0.4, -0.2) is 26.2 Å².